The number of halogens is 1. The van der Waals surface area contributed by atoms with Crippen LogP contribution in [0.2, 0.25) is 0 Å². The van der Waals surface area contributed by atoms with Crippen LogP contribution in [0.1, 0.15) is 24.3 Å². The third-order valence-electron chi connectivity index (χ3n) is 5.37. The van der Waals surface area contributed by atoms with E-state index in [9.17, 15) is 4.79 Å². The van der Waals surface area contributed by atoms with Crippen molar-refractivity contribution in [1.29, 1.82) is 0 Å². The summed E-state index contributed by atoms with van der Waals surface area (Å²) in [6.07, 6.45) is 2.40. The third kappa shape index (κ3) is 2.82. The molecule has 124 valence electrons. The highest BCUT2D eigenvalue weighted by Crippen LogP contribution is 2.48. The number of rotatable bonds is 5. The molecule has 1 aromatic carbocycles. The van der Waals surface area contributed by atoms with E-state index >= 15 is 0 Å². The molecule has 0 saturated carbocycles. The molecule has 4 rings (SSSR count). The van der Waals surface area contributed by atoms with Gasteiger partial charge in [-0.25, -0.2) is 0 Å². The normalized spacial score (nSPS) is 36.3. The van der Waals surface area contributed by atoms with Crippen LogP contribution >= 0.6 is 16.3 Å². The minimum absolute atomic E-state index is 0.0216. The van der Waals surface area contributed by atoms with Crippen LogP contribution in [0.3, 0.4) is 0 Å². The first-order valence-electron chi connectivity index (χ1n) is 8.05. The maximum absolute atomic E-state index is 12.6. The number of esters is 1. The summed E-state index contributed by atoms with van der Waals surface area (Å²) >= 11 is 2.96. The number of fused-ring (bicyclic) bond motifs is 5. The Kier molecular flexibility index (Phi) is 4.17. The number of likely N-dealkylation sites (N-methyl/N-ethyl adjacent to an activating group) is 1. The molecule has 1 aromatic rings. The number of carbonyl (C=O) groups is 1. The molecule has 3 heterocycles. The van der Waals surface area contributed by atoms with Crippen molar-refractivity contribution in [2.75, 3.05) is 13.7 Å². The van der Waals surface area contributed by atoms with Crippen molar-refractivity contribution in [3.63, 3.8) is 0 Å². The number of nitrogens with zero attached hydrogens (tertiary/aromatic N) is 1. The number of benzene rings is 1. The lowest BCUT2D eigenvalue weighted by atomic mass is 9.97. The van der Waals surface area contributed by atoms with E-state index in [0.29, 0.717) is 24.3 Å². The predicted molar refractivity (Wildman–Crippen MR) is 87.2 cm³/mol. The van der Waals surface area contributed by atoms with Crippen molar-refractivity contribution < 1.29 is 18.1 Å². The minimum atomic E-state index is -0.404. The van der Waals surface area contributed by atoms with Crippen LogP contribution in [0.15, 0.2) is 30.3 Å². The second-order valence-corrected chi connectivity index (χ2v) is 7.09. The summed E-state index contributed by atoms with van der Waals surface area (Å²) in [6, 6.07) is 10.4. The van der Waals surface area contributed by atoms with E-state index < -0.39 is 5.92 Å². The quantitative estimate of drug-likeness (QED) is 0.578. The summed E-state index contributed by atoms with van der Waals surface area (Å²) in [5.74, 6) is -0.613. The molecule has 3 aliphatic heterocycles. The Hall–Kier alpha value is -0.950. The van der Waals surface area contributed by atoms with E-state index in [0.717, 1.165) is 18.4 Å². The molecule has 2 bridgehead atoms. The molecule has 0 radical (unpaired) electrons. The van der Waals surface area contributed by atoms with Crippen LogP contribution in [0.4, 0.5) is 0 Å². The van der Waals surface area contributed by atoms with Crippen LogP contribution in [0.25, 0.3) is 0 Å². The van der Waals surface area contributed by atoms with E-state index in [1.807, 2.05) is 30.3 Å². The molecule has 5 nitrogen and oxygen atoms in total. The van der Waals surface area contributed by atoms with Gasteiger partial charge in [0.15, 0.2) is 0 Å². The van der Waals surface area contributed by atoms with Gasteiger partial charge in [0.2, 0.25) is 0 Å². The van der Waals surface area contributed by atoms with Gasteiger partial charge in [0, 0.05) is 24.9 Å². The van der Waals surface area contributed by atoms with Crippen LogP contribution in [0.5, 0.6) is 0 Å². The summed E-state index contributed by atoms with van der Waals surface area (Å²) in [7, 11) is 2.15. The average Bonchev–Trinajstić information content (AvgIpc) is 3.31. The Morgan fingerprint density at radius 3 is 2.57 bits per heavy atom. The molecule has 0 N–H and O–H groups in total. The standard InChI is InChI=1S/C17H20BrNO4/c1-19-13-7-11(8-14(19)16-15(13)23-16)22-17(20)12(9-21-18)10-5-3-2-4-6-10/h2-6,11-16H,7-9H2,1H3/t11-,12-,13-,14+,15-,16+/m1/s1. The van der Waals surface area contributed by atoms with Crippen LogP contribution < -0.4 is 0 Å². The summed E-state index contributed by atoms with van der Waals surface area (Å²) < 4.78 is 16.6. The van der Waals surface area contributed by atoms with Gasteiger partial charge in [0.05, 0.1) is 22.9 Å². The van der Waals surface area contributed by atoms with Crippen molar-refractivity contribution in [3.05, 3.63) is 35.9 Å². The molecule has 3 saturated heterocycles. The van der Waals surface area contributed by atoms with Gasteiger partial charge >= 0.3 is 5.97 Å². The van der Waals surface area contributed by atoms with Gasteiger partial charge in [-0.05, 0) is 12.6 Å². The maximum Gasteiger partial charge on any atom is 0.316 e. The number of carbonyl (C=O) groups excluding carboxylic acids is 1. The number of piperidine rings is 1. The third-order valence-corrected chi connectivity index (χ3v) is 5.64. The van der Waals surface area contributed by atoms with Crippen molar-refractivity contribution >= 4 is 22.2 Å². The molecule has 0 aromatic heterocycles. The van der Waals surface area contributed by atoms with E-state index in [2.05, 4.69) is 28.2 Å². The molecule has 0 aliphatic carbocycles. The van der Waals surface area contributed by atoms with Crippen molar-refractivity contribution in [2.24, 2.45) is 0 Å². The molecule has 0 spiro atoms. The molecule has 23 heavy (non-hydrogen) atoms. The SMILES string of the molecule is CN1[C@@H]2C[C@@H](OC(=O)[C@H](COBr)c3ccccc3)C[C@H]1[C@@H]1O[C@@H]12. The van der Waals surface area contributed by atoms with Crippen LogP contribution in [0, 0.1) is 0 Å². The molecular weight excluding hydrogens is 362 g/mol. The zero-order chi connectivity index (χ0) is 16.0. The highest BCUT2D eigenvalue weighted by atomic mass is 79.9. The number of ether oxygens (including phenoxy) is 2. The first-order valence-corrected chi connectivity index (χ1v) is 8.70. The summed E-state index contributed by atoms with van der Waals surface area (Å²) in [6.45, 7) is 0.261. The number of hydrogen-bond donors (Lipinski definition) is 0. The van der Waals surface area contributed by atoms with Crippen LogP contribution in [-0.4, -0.2) is 54.9 Å². The van der Waals surface area contributed by atoms with Gasteiger partial charge < -0.3 is 13.3 Å². The second-order valence-electron chi connectivity index (χ2n) is 6.63. The lowest BCUT2D eigenvalue weighted by molar-refractivity contribution is -0.156. The average molecular weight is 382 g/mol. The van der Waals surface area contributed by atoms with Crippen molar-refractivity contribution in [2.45, 2.75) is 49.2 Å². The van der Waals surface area contributed by atoms with Gasteiger partial charge in [0.25, 0.3) is 0 Å². The fourth-order valence-electron chi connectivity index (χ4n) is 4.09. The van der Waals surface area contributed by atoms with Gasteiger partial charge in [-0.15, -0.1) is 0 Å². The number of morpholine rings is 1. The lowest BCUT2D eigenvalue weighted by Crippen LogP contribution is -2.48. The zero-order valence-electron chi connectivity index (χ0n) is 12.9. The summed E-state index contributed by atoms with van der Waals surface area (Å²) in [5.41, 5.74) is 0.916. The largest absolute Gasteiger partial charge is 0.462 e. The molecule has 0 amide bonds. The molecule has 6 heteroatoms. The number of epoxide rings is 1. The Balaban J connectivity index is 1.43. The highest BCUT2D eigenvalue weighted by Gasteiger charge is 2.62. The molecule has 3 aliphatic rings. The van der Waals surface area contributed by atoms with E-state index in [4.69, 9.17) is 13.3 Å². The molecule has 0 unspecified atom stereocenters. The lowest BCUT2D eigenvalue weighted by Gasteiger charge is -2.38. The van der Waals surface area contributed by atoms with Gasteiger partial charge in [-0.2, -0.15) is 0 Å². The first kappa shape index (κ1) is 15.6. The van der Waals surface area contributed by atoms with E-state index in [1.165, 1.54) is 0 Å². The monoisotopic (exact) mass is 381 g/mol. The highest BCUT2D eigenvalue weighted by molar-refractivity contribution is 9.06. The molecular formula is C17H20BrNO4. The van der Waals surface area contributed by atoms with Crippen molar-refractivity contribution in [3.8, 4) is 0 Å². The molecule has 3 fully saturated rings. The zero-order valence-corrected chi connectivity index (χ0v) is 14.5. The Morgan fingerprint density at radius 2 is 1.96 bits per heavy atom. The maximum atomic E-state index is 12.6. The second kappa shape index (κ2) is 6.16. The minimum Gasteiger partial charge on any atom is -0.462 e. The van der Waals surface area contributed by atoms with Crippen LogP contribution in [-0.2, 0) is 18.1 Å². The summed E-state index contributed by atoms with van der Waals surface area (Å²) in [4.78, 5) is 15.0. The molecule has 6 atom stereocenters. The fraction of sp³-hybridized carbons (Fsp3) is 0.588. The predicted octanol–water partition coefficient (Wildman–Crippen LogP) is 2.25. The number of hydrogen-bond acceptors (Lipinski definition) is 5. The van der Waals surface area contributed by atoms with E-state index in [1.54, 1.807) is 0 Å². The van der Waals surface area contributed by atoms with Crippen molar-refractivity contribution in [1.82, 2.24) is 4.90 Å². The van der Waals surface area contributed by atoms with E-state index in [-0.39, 0.29) is 18.7 Å². The summed E-state index contributed by atoms with van der Waals surface area (Å²) in [5, 5.41) is 0. The smallest absolute Gasteiger partial charge is 0.316 e. The van der Waals surface area contributed by atoms with Gasteiger partial charge in [0.1, 0.15) is 24.2 Å². The fourth-order valence-corrected chi connectivity index (χ4v) is 4.36. The Morgan fingerprint density at radius 1 is 1.30 bits per heavy atom. The van der Waals surface area contributed by atoms with Gasteiger partial charge in [-0.1, -0.05) is 30.3 Å². The van der Waals surface area contributed by atoms with Gasteiger partial charge in [-0.3, -0.25) is 9.69 Å². The Labute approximate surface area is 144 Å². The Bertz CT molecular complexity index is 565. The topological polar surface area (TPSA) is 51.3 Å². The first-order chi connectivity index (χ1) is 11.2.